The largest absolute Gasteiger partial charge is 0.265 e. The first-order valence-electron chi connectivity index (χ1n) is 40.9. The van der Waals surface area contributed by atoms with Crippen LogP contribution in [0.15, 0.2) is 183 Å². The molecule has 0 unspecified atom stereocenters. The van der Waals surface area contributed by atoms with Gasteiger partial charge in [-0.3, -0.25) is 9.97 Å². The Morgan fingerprint density at radius 3 is 1.11 bits per heavy atom. The van der Waals surface area contributed by atoms with Crippen LogP contribution in [0.4, 0.5) is 0 Å². The fourth-order valence-electron chi connectivity index (χ4n) is 13.0. The number of nitrogens with zero attached hydrogens (tertiary/aromatic N) is 6. The Hall–Kier alpha value is -4.27. The number of fused-ring (bicyclic) bond motifs is 1. The standard InChI is InChI=1S/C19H25N.C17H30BrP.C17H15N.C16H27BrS.C16H27N.C11H11N3.4CH3Br/c1-16-9-10-17(2)19(15-16)8-6-4-3-5-7-18-11-13-20-14-12-18;1-15-11-12-16(2)17(14-15)10-8-6-7-9-13-19(3,4,5)18;1-12-5-6-13(2)16(10-12)15-8-7-14-4-3-9-18-17(14)11-15;1-14-10-11-15(2)16(13-14)9-7-5-6-8-12-18(3,4)17;1-14-10-11-15(2)16(13-14)9-7-5-6-8-12-17(3)4;1-8-3-4-9(2)10(5-8)11-13-6-12-7-14-11;4*1-2/h9-15H,3-8H2,1-2H3;11-12,14H,6-10,13H2,1-5H3;3-11H,1-2H3;10-11,13H,5-9,12H2,1-4H3;10-11,13H,5-9,12H2,1-4H3;3-7H,1-2H3;4*1H3. The SMILES string of the molecule is CBr.CBr.CBr.CBr.Cc1ccc(C)c(-c2ccc3cccnc3c2)c1.Cc1ccc(C)c(-c2ncncn2)c1.Cc1ccc(C)c(CCCCCCN(C)C)c1.Cc1ccc(C)c(CCCCCCP(C)(C)(C)Br)c1.Cc1ccc(C)c(CCCCCCS(C)(C)Br)c1.Cc1ccc(C)c(CCCCCCc2ccncc2)c1. The van der Waals surface area contributed by atoms with Gasteiger partial charge in [-0.2, -0.15) is 8.46 Å². The van der Waals surface area contributed by atoms with Crippen molar-refractivity contribution in [3.8, 4) is 22.5 Å². The van der Waals surface area contributed by atoms with Crippen LogP contribution in [-0.2, 0) is 32.1 Å². The molecular formula is C100H147Br6N6PS. The summed E-state index contributed by atoms with van der Waals surface area (Å²) < 4.78 is 0. The summed E-state index contributed by atoms with van der Waals surface area (Å²) in [5.41, 5.74) is 28.5. The maximum absolute atomic E-state index is 4.42. The van der Waals surface area contributed by atoms with Gasteiger partial charge in [0.25, 0.3) is 0 Å². The molecule has 0 atom stereocenters. The molecule has 0 saturated heterocycles. The third-order valence-electron chi connectivity index (χ3n) is 19.6. The summed E-state index contributed by atoms with van der Waals surface area (Å²) in [6.45, 7) is 34.5. The summed E-state index contributed by atoms with van der Waals surface area (Å²) in [6.07, 6.45) is 42.4. The first-order valence-corrected chi connectivity index (χ1v) is 57.5. The molecule has 3 heterocycles. The molecule has 0 N–H and O–H groups in total. The van der Waals surface area contributed by atoms with Crippen LogP contribution in [0.5, 0.6) is 0 Å². The summed E-state index contributed by atoms with van der Waals surface area (Å²) in [7, 11) is 3.83. The van der Waals surface area contributed by atoms with Gasteiger partial charge in [0, 0.05) is 29.5 Å². The average molecular weight is 1980 g/mol. The topological polar surface area (TPSA) is 67.7 Å². The fourth-order valence-corrected chi connectivity index (χ4v) is 16.6. The zero-order valence-corrected chi connectivity index (χ0v) is 85.8. The van der Waals surface area contributed by atoms with Crippen molar-refractivity contribution >= 4 is 119 Å². The number of benzene rings is 7. The molecule has 3 aromatic heterocycles. The average Bonchev–Trinajstić information content (AvgIpc) is 0.807. The summed E-state index contributed by atoms with van der Waals surface area (Å²) >= 11 is 19.5. The van der Waals surface area contributed by atoms with Gasteiger partial charge in [0.1, 0.15) is 12.7 Å². The van der Waals surface area contributed by atoms with E-state index in [4.69, 9.17) is 0 Å². The van der Waals surface area contributed by atoms with Crippen LogP contribution >= 0.6 is 108 Å². The van der Waals surface area contributed by atoms with Gasteiger partial charge in [0.2, 0.25) is 0 Å². The Bertz CT molecular complexity index is 4170. The molecule has 0 bridgehead atoms. The molecule has 0 saturated carbocycles. The van der Waals surface area contributed by atoms with Crippen LogP contribution in [0, 0.1) is 83.1 Å². The van der Waals surface area contributed by atoms with Crippen molar-refractivity contribution in [3.63, 3.8) is 0 Å². The molecule has 10 aromatic rings. The molecule has 0 aliphatic heterocycles. The molecule has 630 valence electrons. The van der Waals surface area contributed by atoms with Crippen molar-refractivity contribution < 1.29 is 0 Å². The number of rotatable bonds is 30. The van der Waals surface area contributed by atoms with E-state index in [0.29, 0.717) is 0 Å². The van der Waals surface area contributed by atoms with Crippen LogP contribution in [0.25, 0.3) is 33.4 Å². The minimum absolute atomic E-state index is 0.463. The van der Waals surface area contributed by atoms with Crippen LogP contribution in [0.1, 0.15) is 197 Å². The number of halogens is 6. The predicted molar refractivity (Wildman–Crippen MR) is 541 cm³/mol. The second-order valence-corrected chi connectivity index (χ2v) is 54.7. The van der Waals surface area contributed by atoms with Gasteiger partial charge < -0.3 is 4.90 Å². The number of alkyl halides is 4. The van der Waals surface area contributed by atoms with Gasteiger partial charge in [-0.25, -0.2) is 15.0 Å². The van der Waals surface area contributed by atoms with Crippen LogP contribution in [-0.4, -0.2) is 118 Å². The smallest absolute Gasteiger partial charge is 0.0270 e. The van der Waals surface area contributed by atoms with E-state index in [-0.39, 0.29) is 0 Å². The first kappa shape index (κ1) is 108. The van der Waals surface area contributed by atoms with Crippen molar-refractivity contribution in [2.75, 3.05) is 88.4 Å². The molecule has 114 heavy (non-hydrogen) atoms. The van der Waals surface area contributed by atoms with E-state index >= 15 is 0 Å². The molecule has 10 rings (SSSR count). The molecule has 6 nitrogen and oxygen atoms in total. The van der Waals surface area contributed by atoms with E-state index < -0.39 is 13.8 Å². The maximum Gasteiger partial charge on any atom is 0.0270 e. The van der Waals surface area contributed by atoms with E-state index in [0.717, 1.165) is 16.9 Å². The van der Waals surface area contributed by atoms with E-state index in [9.17, 15) is 0 Å². The predicted octanol–water partition coefficient (Wildman–Crippen LogP) is 31.7. The summed E-state index contributed by atoms with van der Waals surface area (Å²) in [4.78, 5) is 22.8. The minimum Gasteiger partial charge on any atom is -0.265 e. The monoisotopic (exact) mass is 1970 g/mol. The molecule has 0 aliphatic carbocycles. The van der Waals surface area contributed by atoms with Crippen molar-refractivity contribution in [1.82, 2.24) is 29.8 Å². The summed E-state index contributed by atoms with van der Waals surface area (Å²) in [5.74, 6) is 9.34. The quantitative estimate of drug-likeness (QED) is 0.0254. The van der Waals surface area contributed by atoms with Crippen LogP contribution in [0.2, 0.25) is 0 Å². The van der Waals surface area contributed by atoms with Crippen molar-refractivity contribution in [2.24, 2.45) is 0 Å². The van der Waals surface area contributed by atoms with Gasteiger partial charge in [-0.15, -0.1) is 0 Å². The molecule has 14 heteroatoms. The van der Waals surface area contributed by atoms with Gasteiger partial charge in [0.15, 0.2) is 5.82 Å². The van der Waals surface area contributed by atoms with Gasteiger partial charge in [-0.05, 0) is 302 Å². The number of unbranched alkanes of at least 4 members (excludes halogenated alkanes) is 12. The molecule has 7 aromatic carbocycles. The van der Waals surface area contributed by atoms with Gasteiger partial charge >= 0.3 is 128 Å². The second-order valence-electron chi connectivity index (χ2n) is 32.0. The van der Waals surface area contributed by atoms with Crippen molar-refractivity contribution in [1.29, 1.82) is 0 Å². The molecule has 0 fully saturated rings. The van der Waals surface area contributed by atoms with Crippen LogP contribution < -0.4 is 0 Å². The number of hydrogen-bond donors (Lipinski definition) is 0. The number of aromatic nitrogens is 5. The Morgan fingerprint density at radius 2 is 0.711 bits per heavy atom. The zero-order valence-electron chi connectivity index (χ0n) is 74.6. The normalized spacial score (nSPS) is 11.1. The summed E-state index contributed by atoms with van der Waals surface area (Å²) in [5, 5.41) is -0.255. The fraction of sp³-hybridized carbons (Fsp3) is 0.470. The first-order chi connectivity index (χ1) is 54.4. The minimum atomic E-state index is -1.44. The Balaban J connectivity index is 0.000000673. The maximum atomic E-state index is 4.42. The third-order valence-corrected chi connectivity index (χ3v) is 24.7. The molecule has 0 amide bonds. The molecule has 0 aliphatic rings. The molecular weight excluding hydrogens is 1830 g/mol. The Kier molecular flexibility index (Phi) is 58.5. The number of pyridine rings is 2. The van der Waals surface area contributed by atoms with Crippen LogP contribution in [0.3, 0.4) is 0 Å². The molecule has 0 radical (unpaired) electrons. The van der Waals surface area contributed by atoms with E-state index in [1.54, 1.807) is 11.1 Å². The Morgan fingerprint density at radius 1 is 0.351 bits per heavy atom. The van der Waals surface area contributed by atoms with Gasteiger partial charge in [0.05, 0.1) is 5.52 Å². The Labute approximate surface area is 747 Å². The zero-order chi connectivity index (χ0) is 85.5. The van der Waals surface area contributed by atoms with Crippen molar-refractivity contribution in [3.05, 3.63) is 277 Å². The second kappa shape index (κ2) is 61.9. The summed E-state index contributed by atoms with van der Waals surface area (Å²) in [6, 6.07) is 54.8. The van der Waals surface area contributed by atoms with Crippen molar-refractivity contribution in [2.45, 2.75) is 218 Å². The number of hydrogen-bond acceptors (Lipinski definition) is 6. The third kappa shape index (κ3) is 50.0. The van der Waals surface area contributed by atoms with E-state index in [2.05, 4.69) is 399 Å². The van der Waals surface area contributed by atoms with Gasteiger partial charge in [-0.1, -0.05) is 233 Å². The van der Waals surface area contributed by atoms with E-state index in [1.165, 1.54) is 266 Å². The van der Waals surface area contributed by atoms with E-state index in [1.807, 2.05) is 48.0 Å². The molecule has 0 spiro atoms. The number of aryl methyl sites for hydroxylation is 17.